The molecule has 0 unspecified atom stereocenters. The van der Waals surface area contributed by atoms with Crippen LogP contribution >= 0.6 is 15.9 Å². The van der Waals surface area contributed by atoms with Crippen molar-refractivity contribution in [2.24, 2.45) is 0 Å². The Labute approximate surface area is 124 Å². The van der Waals surface area contributed by atoms with Crippen molar-refractivity contribution in [3.05, 3.63) is 45.2 Å². The summed E-state index contributed by atoms with van der Waals surface area (Å²) in [6.45, 7) is 2.88. The highest BCUT2D eigenvalue weighted by atomic mass is 79.9. The van der Waals surface area contributed by atoms with E-state index in [1.54, 1.807) is 4.68 Å². The molecule has 1 aromatic heterocycles. The summed E-state index contributed by atoms with van der Waals surface area (Å²) in [5.74, 6) is -1.02. The molecule has 2 aromatic rings. The number of hydrogen-bond acceptors (Lipinski definition) is 3. The van der Waals surface area contributed by atoms with Gasteiger partial charge in [0.2, 0.25) is 0 Å². The molecule has 0 saturated heterocycles. The Kier molecular flexibility index (Phi) is 3.35. The number of halogens is 1. The van der Waals surface area contributed by atoms with Crippen molar-refractivity contribution in [3.8, 4) is 5.69 Å². The number of carbonyl (C=O) groups is 1. The minimum Gasteiger partial charge on any atom is -0.476 e. The standard InChI is InChI=1S/C14H13BrN2O3/c1-8-2-3-9(15)6-12(8)17-11-4-5-20-7-10(11)13(16-17)14(18)19/h2-3,6H,4-5,7H2,1H3,(H,18,19). The lowest BCUT2D eigenvalue weighted by molar-refractivity contribution is 0.0677. The van der Waals surface area contributed by atoms with E-state index in [1.807, 2.05) is 25.1 Å². The van der Waals surface area contributed by atoms with Crippen LogP contribution in [-0.2, 0) is 17.8 Å². The third-order valence-corrected chi connectivity index (χ3v) is 3.91. The summed E-state index contributed by atoms with van der Waals surface area (Å²) in [6, 6.07) is 5.88. The quantitative estimate of drug-likeness (QED) is 0.915. The van der Waals surface area contributed by atoms with Gasteiger partial charge in [-0.1, -0.05) is 22.0 Å². The predicted octanol–water partition coefficient (Wildman–Crippen LogP) is 2.71. The van der Waals surface area contributed by atoms with Gasteiger partial charge in [0.1, 0.15) is 0 Å². The average Bonchev–Trinajstić information content (AvgIpc) is 2.81. The number of rotatable bonds is 2. The van der Waals surface area contributed by atoms with Crippen molar-refractivity contribution in [1.29, 1.82) is 0 Å². The fourth-order valence-corrected chi connectivity index (χ4v) is 2.77. The fourth-order valence-electron chi connectivity index (χ4n) is 2.42. The van der Waals surface area contributed by atoms with Gasteiger partial charge in [-0.2, -0.15) is 5.10 Å². The molecule has 1 N–H and O–H groups in total. The summed E-state index contributed by atoms with van der Waals surface area (Å²) in [6.07, 6.45) is 0.668. The Morgan fingerprint density at radius 3 is 3.05 bits per heavy atom. The molecule has 104 valence electrons. The molecule has 0 atom stereocenters. The number of nitrogens with zero attached hydrogens (tertiary/aromatic N) is 2. The van der Waals surface area contributed by atoms with Gasteiger partial charge in [0.25, 0.3) is 0 Å². The fraction of sp³-hybridized carbons (Fsp3) is 0.286. The summed E-state index contributed by atoms with van der Waals surface area (Å²) in [7, 11) is 0. The molecule has 0 aliphatic carbocycles. The molecule has 5 nitrogen and oxygen atoms in total. The van der Waals surface area contributed by atoms with Crippen LogP contribution in [0.25, 0.3) is 5.69 Å². The second-order valence-electron chi connectivity index (χ2n) is 4.72. The van der Waals surface area contributed by atoms with Gasteiger partial charge in [-0.05, 0) is 24.6 Å². The first-order valence-electron chi connectivity index (χ1n) is 6.26. The van der Waals surface area contributed by atoms with Gasteiger partial charge in [0.15, 0.2) is 5.69 Å². The Morgan fingerprint density at radius 1 is 1.50 bits per heavy atom. The summed E-state index contributed by atoms with van der Waals surface area (Å²) in [4.78, 5) is 11.3. The number of fused-ring (bicyclic) bond motifs is 1. The molecule has 3 rings (SSSR count). The van der Waals surface area contributed by atoms with E-state index in [0.29, 0.717) is 25.2 Å². The number of aryl methyl sites for hydroxylation is 1. The van der Waals surface area contributed by atoms with E-state index < -0.39 is 5.97 Å². The number of ether oxygens (including phenoxy) is 1. The van der Waals surface area contributed by atoms with Gasteiger partial charge in [-0.15, -0.1) is 0 Å². The molecule has 20 heavy (non-hydrogen) atoms. The van der Waals surface area contributed by atoms with E-state index >= 15 is 0 Å². The predicted molar refractivity (Wildman–Crippen MR) is 76.3 cm³/mol. The molecule has 6 heteroatoms. The lowest BCUT2D eigenvalue weighted by atomic mass is 10.1. The van der Waals surface area contributed by atoms with Crippen molar-refractivity contribution < 1.29 is 14.6 Å². The molecule has 0 fully saturated rings. The lowest BCUT2D eigenvalue weighted by Gasteiger charge is -2.16. The molecule has 0 spiro atoms. The highest BCUT2D eigenvalue weighted by Gasteiger charge is 2.26. The average molecular weight is 337 g/mol. The first-order chi connectivity index (χ1) is 9.58. The summed E-state index contributed by atoms with van der Waals surface area (Å²) in [5.41, 5.74) is 3.63. The highest BCUT2D eigenvalue weighted by Crippen LogP contribution is 2.27. The van der Waals surface area contributed by atoms with E-state index in [0.717, 1.165) is 21.4 Å². The molecule has 1 aromatic carbocycles. The van der Waals surface area contributed by atoms with Gasteiger partial charge in [0.05, 0.1) is 24.6 Å². The maximum Gasteiger partial charge on any atom is 0.356 e. The zero-order valence-corrected chi connectivity index (χ0v) is 12.5. The number of benzene rings is 1. The Balaban J connectivity index is 2.23. The molecule has 1 aliphatic rings. The zero-order valence-electron chi connectivity index (χ0n) is 10.9. The van der Waals surface area contributed by atoms with E-state index in [2.05, 4.69) is 21.0 Å². The van der Waals surface area contributed by atoms with Crippen LogP contribution in [0.5, 0.6) is 0 Å². The summed E-state index contributed by atoms with van der Waals surface area (Å²) >= 11 is 3.44. The van der Waals surface area contributed by atoms with Crippen molar-refractivity contribution in [2.45, 2.75) is 20.0 Å². The van der Waals surface area contributed by atoms with Crippen molar-refractivity contribution in [3.63, 3.8) is 0 Å². The van der Waals surface area contributed by atoms with Crippen LogP contribution < -0.4 is 0 Å². The molecule has 1 aliphatic heterocycles. The lowest BCUT2D eigenvalue weighted by Crippen LogP contribution is -2.14. The van der Waals surface area contributed by atoms with Crippen molar-refractivity contribution in [1.82, 2.24) is 9.78 Å². The maximum absolute atomic E-state index is 11.3. The summed E-state index contributed by atoms with van der Waals surface area (Å²) in [5, 5.41) is 13.6. The summed E-state index contributed by atoms with van der Waals surface area (Å²) < 4.78 is 8.04. The number of carboxylic acid groups (broad SMARTS) is 1. The second-order valence-corrected chi connectivity index (χ2v) is 5.64. The van der Waals surface area contributed by atoms with E-state index in [9.17, 15) is 9.90 Å². The van der Waals surface area contributed by atoms with Crippen molar-refractivity contribution >= 4 is 21.9 Å². The maximum atomic E-state index is 11.3. The van der Waals surface area contributed by atoms with E-state index in [4.69, 9.17) is 4.74 Å². The molecule has 2 heterocycles. The van der Waals surface area contributed by atoms with Gasteiger partial charge < -0.3 is 9.84 Å². The Hall–Kier alpha value is -1.66. The Morgan fingerprint density at radius 2 is 2.30 bits per heavy atom. The van der Waals surface area contributed by atoms with Crippen molar-refractivity contribution in [2.75, 3.05) is 6.61 Å². The first-order valence-corrected chi connectivity index (χ1v) is 7.05. The number of aromatic nitrogens is 2. The van der Waals surface area contributed by atoms with Gasteiger partial charge in [0, 0.05) is 16.5 Å². The van der Waals surface area contributed by atoms with Crippen LogP contribution in [0.3, 0.4) is 0 Å². The Bertz CT molecular complexity index is 694. The SMILES string of the molecule is Cc1ccc(Br)cc1-n1nc(C(=O)O)c2c1CCOC2. The smallest absolute Gasteiger partial charge is 0.356 e. The van der Waals surface area contributed by atoms with Crippen LogP contribution in [0, 0.1) is 6.92 Å². The van der Waals surface area contributed by atoms with Crippen LogP contribution in [0.1, 0.15) is 27.3 Å². The first kappa shape index (κ1) is 13.3. The molecular formula is C14H13BrN2O3. The third kappa shape index (κ3) is 2.14. The molecule has 0 amide bonds. The minimum atomic E-state index is -1.02. The van der Waals surface area contributed by atoms with Gasteiger partial charge in [-0.25, -0.2) is 9.48 Å². The topological polar surface area (TPSA) is 64.4 Å². The number of carboxylic acids is 1. The normalized spacial score (nSPS) is 14.1. The second kappa shape index (κ2) is 5.03. The van der Waals surface area contributed by atoms with Crippen LogP contribution in [0.15, 0.2) is 22.7 Å². The number of aromatic carboxylic acids is 1. The van der Waals surface area contributed by atoms with E-state index in [1.165, 1.54) is 0 Å². The number of hydrogen-bond donors (Lipinski definition) is 1. The molecular weight excluding hydrogens is 324 g/mol. The monoisotopic (exact) mass is 336 g/mol. The highest BCUT2D eigenvalue weighted by molar-refractivity contribution is 9.10. The van der Waals surface area contributed by atoms with Gasteiger partial charge >= 0.3 is 5.97 Å². The zero-order chi connectivity index (χ0) is 14.3. The van der Waals surface area contributed by atoms with Crippen LogP contribution in [-0.4, -0.2) is 27.5 Å². The van der Waals surface area contributed by atoms with E-state index in [-0.39, 0.29) is 5.69 Å². The molecule has 0 radical (unpaired) electrons. The largest absolute Gasteiger partial charge is 0.476 e. The van der Waals surface area contributed by atoms with Crippen LogP contribution in [0.2, 0.25) is 0 Å². The molecule has 0 saturated carbocycles. The molecule has 0 bridgehead atoms. The third-order valence-electron chi connectivity index (χ3n) is 3.42. The van der Waals surface area contributed by atoms with Crippen LogP contribution in [0.4, 0.5) is 0 Å². The minimum absolute atomic E-state index is 0.0825. The van der Waals surface area contributed by atoms with Gasteiger partial charge in [-0.3, -0.25) is 0 Å².